The van der Waals surface area contributed by atoms with Crippen LogP contribution in [-0.4, -0.2) is 37.3 Å². The number of rotatable bonds is 4. The molecule has 1 N–H and O–H groups in total. The minimum atomic E-state index is -1.46. The van der Waals surface area contributed by atoms with Crippen molar-refractivity contribution < 1.29 is 23.8 Å². The lowest BCUT2D eigenvalue weighted by atomic mass is 9.88. The van der Waals surface area contributed by atoms with Gasteiger partial charge in [0.15, 0.2) is 0 Å². The van der Waals surface area contributed by atoms with Crippen molar-refractivity contribution >= 4 is 11.9 Å². The van der Waals surface area contributed by atoms with E-state index in [1.54, 1.807) is 13.8 Å². The molecule has 1 aromatic carbocycles. The third-order valence-corrected chi connectivity index (χ3v) is 4.40. The first-order chi connectivity index (χ1) is 11.1. The Labute approximate surface area is 135 Å². The summed E-state index contributed by atoms with van der Waals surface area (Å²) in [5, 5.41) is 3.20. The van der Waals surface area contributed by atoms with Crippen LogP contribution in [0.3, 0.4) is 0 Å². The first-order valence-corrected chi connectivity index (χ1v) is 7.96. The minimum Gasteiger partial charge on any atom is -0.493 e. The average Bonchev–Trinajstić information content (AvgIpc) is 2.97. The molecule has 2 atom stereocenters. The molecule has 0 amide bonds. The predicted molar refractivity (Wildman–Crippen MR) is 81.9 cm³/mol. The number of benzene rings is 1. The highest BCUT2D eigenvalue weighted by Crippen LogP contribution is 2.45. The van der Waals surface area contributed by atoms with E-state index in [9.17, 15) is 9.59 Å². The lowest BCUT2D eigenvalue weighted by Crippen LogP contribution is -2.56. The summed E-state index contributed by atoms with van der Waals surface area (Å²) in [5.41, 5.74) is -0.499. The molecule has 23 heavy (non-hydrogen) atoms. The van der Waals surface area contributed by atoms with E-state index in [0.717, 1.165) is 11.3 Å². The van der Waals surface area contributed by atoms with Gasteiger partial charge in [-0.3, -0.25) is 5.32 Å². The van der Waals surface area contributed by atoms with Crippen LogP contribution < -0.4 is 10.1 Å². The molecule has 0 spiro atoms. The summed E-state index contributed by atoms with van der Waals surface area (Å²) in [4.78, 5) is 25.0. The fourth-order valence-corrected chi connectivity index (χ4v) is 3.38. The zero-order valence-electron chi connectivity index (χ0n) is 13.3. The first kappa shape index (κ1) is 15.8. The number of esters is 2. The second kappa shape index (κ2) is 6.20. The third-order valence-electron chi connectivity index (χ3n) is 4.40. The summed E-state index contributed by atoms with van der Waals surface area (Å²) in [6, 6.07) is 7.53. The molecule has 3 rings (SSSR count). The van der Waals surface area contributed by atoms with E-state index >= 15 is 0 Å². The van der Waals surface area contributed by atoms with Gasteiger partial charge in [-0.1, -0.05) is 18.2 Å². The van der Waals surface area contributed by atoms with Gasteiger partial charge in [-0.15, -0.1) is 0 Å². The maximum Gasteiger partial charge on any atom is 0.338 e. The normalized spacial score (nSPS) is 24.1. The molecule has 0 aromatic heterocycles. The Bertz CT molecular complexity index is 597. The minimum absolute atomic E-state index is 0.0127. The van der Waals surface area contributed by atoms with Crippen molar-refractivity contribution in [2.24, 2.45) is 5.92 Å². The Morgan fingerprint density at radius 2 is 1.87 bits per heavy atom. The number of nitrogens with one attached hydrogen (secondary N) is 1. The quantitative estimate of drug-likeness (QED) is 0.671. The van der Waals surface area contributed by atoms with Crippen LogP contribution in [-0.2, 0) is 19.1 Å². The van der Waals surface area contributed by atoms with Crippen LogP contribution in [0, 0.1) is 5.92 Å². The lowest BCUT2D eigenvalue weighted by molar-refractivity contribution is -0.165. The van der Waals surface area contributed by atoms with Crippen molar-refractivity contribution in [2.45, 2.75) is 31.8 Å². The van der Waals surface area contributed by atoms with Gasteiger partial charge in [0.25, 0.3) is 0 Å². The van der Waals surface area contributed by atoms with Crippen molar-refractivity contribution in [3.63, 3.8) is 0 Å². The van der Waals surface area contributed by atoms with Crippen LogP contribution in [0.5, 0.6) is 5.75 Å². The molecule has 124 valence electrons. The van der Waals surface area contributed by atoms with Crippen LogP contribution in [0.1, 0.15) is 31.9 Å². The zero-order chi connectivity index (χ0) is 16.4. The second-order valence-electron chi connectivity index (χ2n) is 5.78. The molecule has 2 aliphatic heterocycles. The van der Waals surface area contributed by atoms with Gasteiger partial charge in [0, 0.05) is 17.5 Å². The number of hydrogen-bond donors (Lipinski definition) is 1. The number of ether oxygens (including phenoxy) is 3. The van der Waals surface area contributed by atoms with Gasteiger partial charge in [-0.2, -0.15) is 0 Å². The Morgan fingerprint density at radius 1 is 1.22 bits per heavy atom. The highest BCUT2D eigenvalue weighted by Gasteiger charge is 2.59. The highest BCUT2D eigenvalue weighted by atomic mass is 16.6. The van der Waals surface area contributed by atoms with E-state index in [1.807, 2.05) is 24.3 Å². The summed E-state index contributed by atoms with van der Waals surface area (Å²) in [6.45, 7) is 4.32. The Morgan fingerprint density at radius 3 is 2.52 bits per heavy atom. The molecule has 0 radical (unpaired) electrons. The van der Waals surface area contributed by atoms with Crippen LogP contribution in [0.15, 0.2) is 24.3 Å². The molecule has 6 heteroatoms. The maximum absolute atomic E-state index is 12.5. The van der Waals surface area contributed by atoms with E-state index in [4.69, 9.17) is 14.2 Å². The topological polar surface area (TPSA) is 73.9 Å². The molecule has 6 nitrogen and oxygen atoms in total. The maximum atomic E-state index is 12.5. The largest absolute Gasteiger partial charge is 0.493 e. The molecule has 2 aliphatic rings. The molecule has 0 bridgehead atoms. The highest BCUT2D eigenvalue weighted by molar-refractivity contribution is 6.05. The summed E-state index contributed by atoms with van der Waals surface area (Å²) < 4.78 is 16.1. The number of hydrogen-bond acceptors (Lipinski definition) is 6. The molecule has 2 heterocycles. The van der Waals surface area contributed by atoms with Crippen molar-refractivity contribution in [1.82, 2.24) is 5.32 Å². The third kappa shape index (κ3) is 2.57. The van der Waals surface area contributed by atoms with E-state index in [0.29, 0.717) is 13.0 Å². The Balaban J connectivity index is 1.95. The van der Waals surface area contributed by atoms with Gasteiger partial charge in [0.1, 0.15) is 5.75 Å². The van der Waals surface area contributed by atoms with Crippen molar-refractivity contribution in [2.75, 3.05) is 19.8 Å². The van der Waals surface area contributed by atoms with Gasteiger partial charge in [-0.05, 0) is 26.3 Å². The Kier molecular flexibility index (Phi) is 4.26. The molecular formula is C17H21NO5. The molecule has 1 saturated heterocycles. The number of para-hydroxylation sites is 1. The lowest BCUT2D eigenvalue weighted by Gasteiger charge is -2.28. The van der Waals surface area contributed by atoms with Crippen molar-refractivity contribution in [1.29, 1.82) is 0 Å². The van der Waals surface area contributed by atoms with E-state index in [-0.39, 0.29) is 25.2 Å². The molecular weight excluding hydrogens is 298 g/mol. The van der Waals surface area contributed by atoms with Crippen LogP contribution in [0.4, 0.5) is 0 Å². The molecule has 1 fully saturated rings. The number of carbonyl (C=O) groups excluding carboxylic acids is 2. The zero-order valence-corrected chi connectivity index (χ0v) is 13.3. The SMILES string of the molecule is CCOC(=O)C1(C(=O)OCC)C[C@H]2COc3ccccc3[C@H]2N1. The first-order valence-electron chi connectivity index (χ1n) is 7.96. The molecule has 1 aromatic rings. The van der Waals surface area contributed by atoms with Gasteiger partial charge in [0.05, 0.1) is 19.8 Å². The predicted octanol–water partition coefficient (Wildman–Crippen LogP) is 1.59. The van der Waals surface area contributed by atoms with E-state index in [1.165, 1.54) is 0 Å². The fraction of sp³-hybridized carbons (Fsp3) is 0.529. The summed E-state index contributed by atoms with van der Waals surface area (Å²) >= 11 is 0. The second-order valence-corrected chi connectivity index (χ2v) is 5.78. The van der Waals surface area contributed by atoms with Gasteiger partial charge in [-0.25, -0.2) is 9.59 Å². The van der Waals surface area contributed by atoms with E-state index < -0.39 is 17.5 Å². The summed E-state index contributed by atoms with van der Waals surface area (Å²) in [6.07, 6.45) is 0.309. The number of fused-ring (bicyclic) bond motifs is 3. The molecule has 0 saturated carbocycles. The monoisotopic (exact) mass is 319 g/mol. The van der Waals surface area contributed by atoms with Crippen LogP contribution in [0.25, 0.3) is 0 Å². The fourth-order valence-electron chi connectivity index (χ4n) is 3.38. The smallest absolute Gasteiger partial charge is 0.338 e. The van der Waals surface area contributed by atoms with Crippen molar-refractivity contribution in [3.05, 3.63) is 29.8 Å². The van der Waals surface area contributed by atoms with Crippen LogP contribution in [0.2, 0.25) is 0 Å². The van der Waals surface area contributed by atoms with Gasteiger partial charge >= 0.3 is 11.9 Å². The summed E-state index contributed by atoms with van der Waals surface area (Å²) in [7, 11) is 0. The molecule has 0 aliphatic carbocycles. The van der Waals surface area contributed by atoms with Crippen LogP contribution >= 0.6 is 0 Å². The van der Waals surface area contributed by atoms with Gasteiger partial charge < -0.3 is 14.2 Å². The standard InChI is InChI=1S/C17H21NO5/c1-3-21-15(19)17(16(20)22-4-2)9-11-10-23-13-8-6-5-7-12(13)14(11)18-17/h5-8,11,14,18H,3-4,9-10H2,1-2H3/t11-,14-/m0/s1. The summed E-state index contributed by atoms with van der Waals surface area (Å²) in [5.74, 6) is -0.362. The van der Waals surface area contributed by atoms with Gasteiger partial charge in [0.2, 0.25) is 5.54 Å². The number of carbonyl (C=O) groups is 2. The molecule has 0 unspecified atom stereocenters. The average molecular weight is 319 g/mol. The Hall–Kier alpha value is -2.08. The van der Waals surface area contributed by atoms with Crippen molar-refractivity contribution in [3.8, 4) is 5.75 Å². The van der Waals surface area contributed by atoms with E-state index in [2.05, 4.69) is 5.32 Å².